The Morgan fingerprint density at radius 3 is 2.68 bits per heavy atom. The molecule has 4 aromatic rings. The molecular weight excluding hydrogens is 534 g/mol. The van der Waals surface area contributed by atoms with Gasteiger partial charge in [-0.15, -0.1) is 0 Å². The van der Waals surface area contributed by atoms with Gasteiger partial charge in [0.15, 0.2) is 29.6 Å². The average molecular weight is 563 g/mol. The average Bonchev–Trinajstić information content (AvgIpc) is 3.41. The summed E-state index contributed by atoms with van der Waals surface area (Å²) in [5, 5.41) is 17.3. The fraction of sp³-hybridized carbons (Fsp3) is 0.250. The van der Waals surface area contributed by atoms with Gasteiger partial charge in [-0.05, 0) is 42.3 Å². The third kappa shape index (κ3) is 6.56. The third-order valence-electron chi connectivity index (χ3n) is 6.14. The van der Waals surface area contributed by atoms with E-state index in [1.54, 1.807) is 28.8 Å². The first kappa shape index (κ1) is 28.9. The molecule has 4 rings (SSSR count). The topological polar surface area (TPSA) is 159 Å². The molecule has 13 heteroatoms. The zero-order chi connectivity index (χ0) is 29.4. The molecular formula is C28H28F2N8O3. The Bertz CT molecular complexity index is 1620. The number of hydrogen-bond donors (Lipinski definition) is 4. The number of aromatic nitrogens is 3. The lowest BCUT2D eigenvalue weighted by atomic mass is 10.0. The summed E-state index contributed by atoms with van der Waals surface area (Å²) in [4.78, 5) is 33.0. The summed E-state index contributed by atoms with van der Waals surface area (Å²) in [6, 6.07) is 9.56. The number of nitriles is 1. The number of fused-ring (bicyclic) bond motifs is 1. The highest BCUT2D eigenvalue weighted by Crippen LogP contribution is 2.32. The third-order valence-corrected chi connectivity index (χ3v) is 6.14. The second kappa shape index (κ2) is 13.3. The van der Waals surface area contributed by atoms with Gasteiger partial charge in [0.05, 0.1) is 11.9 Å². The Labute approximate surface area is 234 Å². The molecule has 212 valence electrons. The van der Waals surface area contributed by atoms with E-state index in [1.807, 2.05) is 13.0 Å². The summed E-state index contributed by atoms with van der Waals surface area (Å²) in [6.07, 6.45) is 5.28. The lowest BCUT2D eigenvalue weighted by Crippen LogP contribution is -2.35. The molecule has 0 spiro atoms. The van der Waals surface area contributed by atoms with Crippen LogP contribution in [0.5, 0.6) is 5.75 Å². The van der Waals surface area contributed by atoms with Crippen molar-refractivity contribution in [2.45, 2.75) is 19.8 Å². The summed E-state index contributed by atoms with van der Waals surface area (Å²) < 4.78 is 36.0. The number of imidazole rings is 1. The van der Waals surface area contributed by atoms with Crippen LogP contribution >= 0.6 is 0 Å². The summed E-state index contributed by atoms with van der Waals surface area (Å²) in [6.45, 7) is 2.34. The molecule has 0 aliphatic rings. The molecule has 0 aliphatic heterocycles. The molecule has 41 heavy (non-hydrogen) atoms. The van der Waals surface area contributed by atoms with Gasteiger partial charge in [-0.25, -0.2) is 14.4 Å². The smallest absolute Gasteiger partial charge is 0.251 e. The highest BCUT2D eigenvalue weighted by molar-refractivity contribution is 5.96. The van der Waals surface area contributed by atoms with Crippen LogP contribution in [-0.4, -0.2) is 52.4 Å². The summed E-state index contributed by atoms with van der Waals surface area (Å²) in [5.41, 5.74) is 7.89. The van der Waals surface area contributed by atoms with Crippen molar-refractivity contribution in [3.63, 3.8) is 0 Å². The number of nitrogens with one attached hydrogen (secondary N) is 3. The minimum Gasteiger partial charge on any atom is -0.476 e. The van der Waals surface area contributed by atoms with E-state index < -0.39 is 18.2 Å². The number of aryl methyl sites for hydroxylation is 1. The van der Waals surface area contributed by atoms with Crippen LogP contribution in [0.3, 0.4) is 0 Å². The van der Waals surface area contributed by atoms with Crippen LogP contribution < -0.4 is 26.4 Å². The van der Waals surface area contributed by atoms with Gasteiger partial charge in [0.1, 0.15) is 6.07 Å². The maximum Gasteiger partial charge on any atom is 0.251 e. The molecule has 2 heterocycles. The molecule has 0 unspecified atom stereocenters. The van der Waals surface area contributed by atoms with Crippen molar-refractivity contribution in [2.24, 2.45) is 5.73 Å². The zero-order valence-electron chi connectivity index (χ0n) is 22.2. The van der Waals surface area contributed by atoms with Gasteiger partial charge in [-0.1, -0.05) is 6.92 Å². The van der Waals surface area contributed by atoms with Gasteiger partial charge in [0.2, 0.25) is 11.7 Å². The first-order valence-corrected chi connectivity index (χ1v) is 12.8. The van der Waals surface area contributed by atoms with E-state index in [2.05, 4.69) is 25.9 Å². The highest BCUT2D eigenvalue weighted by Gasteiger charge is 2.20. The van der Waals surface area contributed by atoms with Crippen LogP contribution in [0.4, 0.5) is 20.3 Å². The van der Waals surface area contributed by atoms with Crippen molar-refractivity contribution in [1.82, 2.24) is 25.0 Å². The van der Waals surface area contributed by atoms with E-state index in [-0.39, 0.29) is 48.3 Å². The van der Waals surface area contributed by atoms with E-state index in [9.17, 15) is 18.4 Å². The summed E-state index contributed by atoms with van der Waals surface area (Å²) >= 11 is 0. The number of benzene rings is 2. The molecule has 11 nitrogen and oxygen atoms in total. The second-order valence-corrected chi connectivity index (χ2v) is 8.79. The van der Waals surface area contributed by atoms with Crippen LogP contribution in [0, 0.1) is 23.0 Å². The largest absolute Gasteiger partial charge is 0.476 e. The molecule has 2 amide bonds. The Kier molecular flexibility index (Phi) is 9.39. The number of amides is 2. The van der Waals surface area contributed by atoms with Crippen LogP contribution in [0.2, 0.25) is 0 Å². The predicted octanol–water partition coefficient (Wildman–Crippen LogP) is 3.08. The lowest BCUT2D eigenvalue weighted by Gasteiger charge is -2.13. The normalized spacial score (nSPS) is 10.7. The van der Waals surface area contributed by atoms with Crippen molar-refractivity contribution in [1.29, 1.82) is 5.26 Å². The highest BCUT2D eigenvalue weighted by atomic mass is 19.2. The zero-order valence-corrected chi connectivity index (χ0v) is 22.2. The van der Waals surface area contributed by atoms with E-state index in [1.165, 1.54) is 24.5 Å². The van der Waals surface area contributed by atoms with E-state index >= 15 is 0 Å². The monoisotopic (exact) mass is 562 g/mol. The summed E-state index contributed by atoms with van der Waals surface area (Å²) in [5.74, 6) is -2.76. The van der Waals surface area contributed by atoms with Gasteiger partial charge in [0, 0.05) is 55.3 Å². The number of ether oxygens (including phenoxy) is 1. The van der Waals surface area contributed by atoms with Crippen molar-refractivity contribution in [3.8, 4) is 23.1 Å². The predicted molar refractivity (Wildman–Crippen MR) is 148 cm³/mol. The Balaban J connectivity index is 1.52. The van der Waals surface area contributed by atoms with Gasteiger partial charge in [-0.3, -0.25) is 14.0 Å². The van der Waals surface area contributed by atoms with Gasteiger partial charge >= 0.3 is 0 Å². The number of nitrogens with zero attached hydrogens (tertiary/aromatic N) is 4. The second-order valence-electron chi connectivity index (χ2n) is 8.79. The van der Waals surface area contributed by atoms with Gasteiger partial charge in [0.25, 0.3) is 5.91 Å². The molecule has 0 atom stereocenters. The molecule has 0 fully saturated rings. The standard InChI is InChI=1S/C28H28F2N8O3/c1-2-17-15-18(3-4-19(17)28(40)35-11-10-33-23(39)7-8-31)37-26-27-36-16-21(38(27)13-12-34-26)20-5-6-22(41-14-9-32)25(30)24(20)29/h3-6,12-13,15-16H,2,7-8,10-11,14,31H2,1H3,(H,33,39)(H,34,37)(H,35,40). The first-order chi connectivity index (χ1) is 19.9. The number of nitrogens with two attached hydrogens (primary N) is 1. The minimum absolute atomic E-state index is 0.0426. The molecule has 0 aliphatic carbocycles. The van der Waals surface area contributed by atoms with Crippen molar-refractivity contribution >= 4 is 29.0 Å². The molecule has 2 aromatic heterocycles. The lowest BCUT2D eigenvalue weighted by molar-refractivity contribution is -0.120. The van der Waals surface area contributed by atoms with Crippen LogP contribution in [0.25, 0.3) is 16.9 Å². The molecule has 0 radical (unpaired) electrons. The van der Waals surface area contributed by atoms with Crippen molar-refractivity contribution < 1.29 is 23.1 Å². The van der Waals surface area contributed by atoms with E-state index in [0.717, 1.165) is 5.56 Å². The van der Waals surface area contributed by atoms with E-state index in [4.69, 9.17) is 15.7 Å². The first-order valence-electron chi connectivity index (χ1n) is 12.8. The van der Waals surface area contributed by atoms with E-state index in [0.29, 0.717) is 35.7 Å². The molecule has 2 aromatic carbocycles. The SMILES string of the molecule is CCc1cc(Nc2nccn3c(-c4ccc(OCC#N)c(F)c4F)cnc23)ccc1C(=O)NCCNC(=O)CCN. The fourth-order valence-corrected chi connectivity index (χ4v) is 4.17. The Hall–Kier alpha value is -5.09. The number of rotatable bonds is 12. The number of halogens is 2. The number of anilines is 2. The number of carbonyl (C=O) groups is 2. The minimum atomic E-state index is -1.20. The summed E-state index contributed by atoms with van der Waals surface area (Å²) in [7, 11) is 0. The quantitative estimate of drug-likeness (QED) is 0.192. The molecule has 0 saturated carbocycles. The Morgan fingerprint density at radius 1 is 1.12 bits per heavy atom. The van der Waals surface area contributed by atoms with Crippen LogP contribution in [-0.2, 0) is 11.2 Å². The molecule has 0 bridgehead atoms. The van der Waals surface area contributed by atoms with Crippen LogP contribution in [0.15, 0.2) is 48.9 Å². The fourth-order valence-electron chi connectivity index (χ4n) is 4.17. The maximum atomic E-state index is 14.9. The number of carbonyl (C=O) groups excluding carboxylic acids is 2. The number of hydrogen-bond acceptors (Lipinski definition) is 8. The Morgan fingerprint density at radius 2 is 1.93 bits per heavy atom. The maximum absolute atomic E-state index is 14.9. The van der Waals surface area contributed by atoms with Crippen molar-refractivity contribution in [2.75, 3.05) is 31.6 Å². The van der Waals surface area contributed by atoms with Gasteiger partial charge < -0.3 is 26.4 Å². The van der Waals surface area contributed by atoms with Crippen molar-refractivity contribution in [3.05, 3.63) is 71.7 Å². The van der Waals surface area contributed by atoms with Crippen LogP contribution in [0.1, 0.15) is 29.3 Å². The molecule has 5 N–H and O–H groups in total. The van der Waals surface area contributed by atoms with Gasteiger partial charge in [-0.2, -0.15) is 9.65 Å². The molecule has 0 saturated heterocycles.